The van der Waals surface area contributed by atoms with Gasteiger partial charge in [0.15, 0.2) is 0 Å². The van der Waals surface area contributed by atoms with Gasteiger partial charge in [0.05, 0.1) is 21.6 Å². The van der Waals surface area contributed by atoms with E-state index < -0.39 is 0 Å². The van der Waals surface area contributed by atoms with Gasteiger partial charge in [-0.1, -0.05) is 23.7 Å². The maximum absolute atomic E-state index is 13.0. The molecule has 0 saturated carbocycles. The van der Waals surface area contributed by atoms with E-state index in [-0.39, 0.29) is 5.91 Å². The van der Waals surface area contributed by atoms with Gasteiger partial charge in [0.2, 0.25) is 0 Å². The first-order valence-corrected chi connectivity index (χ1v) is 8.59. The van der Waals surface area contributed by atoms with Crippen LogP contribution in [0.2, 0.25) is 5.02 Å². The van der Waals surface area contributed by atoms with Crippen LogP contribution in [-0.2, 0) is 0 Å². The summed E-state index contributed by atoms with van der Waals surface area (Å²) < 4.78 is 1.70. The van der Waals surface area contributed by atoms with Crippen LogP contribution >= 0.6 is 11.6 Å². The number of piperidine rings is 1. The van der Waals surface area contributed by atoms with E-state index in [1.54, 1.807) is 22.9 Å². The van der Waals surface area contributed by atoms with Gasteiger partial charge in [-0.3, -0.25) is 14.3 Å². The predicted molar refractivity (Wildman–Crippen MR) is 95.8 cm³/mol. The van der Waals surface area contributed by atoms with Crippen molar-refractivity contribution >= 4 is 28.5 Å². The highest BCUT2D eigenvalue weighted by molar-refractivity contribution is 6.34. The quantitative estimate of drug-likeness (QED) is 0.771. The molecule has 0 unspecified atom stereocenters. The Hall–Kier alpha value is -2.17. The predicted octanol–water partition coefficient (Wildman–Crippen LogP) is 3.85. The van der Waals surface area contributed by atoms with Gasteiger partial charge in [0.25, 0.3) is 5.91 Å². The third-order valence-electron chi connectivity index (χ3n) is 4.69. The van der Waals surface area contributed by atoms with Gasteiger partial charge >= 0.3 is 0 Å². The summed E-state index contributed by atoms with van der Waals surface area (Å²) in [6, 6.07) is 11.0. The minimum Gasteiger partial charge on any atom is -0.317 e. The van der Waals surface area contributed by atoms with Crippen molar-refractivity contribution in [1.82, 2.24) is 14.9 Å². The summed E-state index contributed by atoms with van der Waals surface area (Å²) in [5.74, 6) is 0.322. The van der Waals surface area contributed by atoms with E-state index in [1.807, 2.05) is 30.5 Å². The van der Waals surface area contributed by atoms with E-state index in [4.69, 9.17) is 11.6 Å². The molecule has 1 aliphatic rings. The van der Waals surface area contributed by atoms with E-state index in [9.17, 15) is 4.79 Å². The minimum atomic E-state index is -0.112. The highest BCUT2D eigenvalue weighted by atomic mass is 35.5. The second-order valence-electron chi connectivity index (χ2n) is 6.13. The Balaban J connectivity index is 1.84. The highest BCUT2D eigenvalue weighted by Gasteiger charge is 2.23. The molecule has 0 radical (unpaired) electrons. The molecular weight excluding hydrogens is 322 g/mol. The number of fused-ring (bicyclic) bond motifs is 1. The molecule has 1 aliphatic heterocycles. The van der Waals surface area contributed by atoms with Crippen molar-refractivity contribution in [3.05, 3.63) is 64.9 Å². The molecule has 4 nitrogen and oxygen atoms in total. The van der Waals surface area contributed by atoms with Gasteiger partial charge in [-0.05, 0) is 61.7 Å². The molecule has 2 aromatic heterocycles. The molecule has 0 spiro atoms. The van der Waals surface area contributed by atoms with Gasteiger partial charge in [0, 0.05) is 12.4 Å². The van der Waals surface area contributed by atoms with Crippen LogP contribution in [0.15, 0.2) is 48.8 Å². The van der Waals surface area contributed by atoms with E-state index in [1.165, 1.54) is 0 Å². The van der Waals surface area contributed by atoms with Gasteiger partial charge in [-0.2, -0.15) is 0 Å². The largest absolute Gasteiger partial charge is 0.317 e. The van der Waals surface area contributed by atoms with Crippen molar-refractivity contribution in [3.8, 4) is 0 Å². The van der Waals surface area contributed by atoms with Crippen molar-refractivity contribution in [3.63, 3.8) is 0 Å². The summed E-state index contributed by atoms with van der Waals surface area (Å²) in [6.45, 7) is 2.01. The van der Waals surface area contributed by atoms with E-state index in [2.05, 4.69) is 10.3 Å². The molecule has 0 amide bonds. The van der Waals surface area contributed by atoms with Gasteiger partial charge in [0.1, 0.15) is 0 Å². The lowest BCUT2D eigenvalue weighted by molar-refractivity contribution is 0.0965. The molecule has 5 heteroatoms. The molecule has 4 rings (SSSR count). The number of hydrogen-bond acceptors (Lipinski definition) is 3. The summed E-state index contributed by atoms with van der Waals surface area (Å²) in [5, 5.41) is 3.85. The second-order valence-corrected chi connectivity index (χ2v) is 6.54. The van der Waals surface area contributed by atoms with E-state index >= 15 is 0 Å². The summed E-state index contributed by atoms with van der Waals surface area (Å²) in [6.07, 6.45) is 5.88. The number of nitrogens with one attached hydrogen (secondary N) is 1. The van der Waals surface area contributed by atoms with Crippen molar-refractivity contribution in [1.29, 1.82) is 0 Å². The van der Waals surface area contributed by atoms with Crippen LogP contribution in [-0.4, -0.2) is 28.5 Å². The first-order chi connectivity index (χ1) is 11.8. The van der Waals surface area contributed by atoms with Crippen molar-refractivity contribution < 1.29 is 4.79 Å². The molecule has 1 fully saturated rings. The summed E-state index contributed by atoms with van der Waals surface area (Å²) in [5.41, 5.74) is 3.44. The smallest absolute Gasteiger partial charge is 0.263 e. The Morgan fingerprint density at radius 1 is 1.17 bits per heavy atom. The number of aromatic nitrogens is 2. The molecule has 0 atom stereocenters. The van der Waals surface area contributed by atoms with Crippen LogP contribution in [0, 0.1) is 0 Å². The number of rotatable bonds is 2. The van der Waals surface area contributed by atoms with Crippen molar-refractivity contribution in [2.24, 2.45) is 0 Å². The number of halogens is 1. The average molecular weight is 340 g/mol. The zero-order valence-electron chi connectivity index (χ0n) is 13.2. The Bertz CT molecular complexity index is 897. The average Bonchev–Trinajstić information content (AvgIpc) is 3.02. The fraction of sp³-hybridized carbons (Fsp3) is 0.263. The van der Waals surface area contributed by atoms with Crippen LogP contribution < -0.4 is 5.32 Å². The highest BCUT2D eigenvalue weighted by Crippen LogP contribution is 2.32. The maximum Gasteiger partial charge on any atom is 0.263 e. The lowest BCUT2D eigenvalue weighted by Gasteiger charge is -2.21. The van der Waals surface area contributed by atoms with Crippen molar-refractivity contribution in [2.45, 2.75) is 18.8 Å². The number of pyridine rings is 1. The topological polar surface area (TPSA) is 46.9 Å². The summed E-state index contributed by atoms with van der Waals surface area (Å²) >= 11 is 6.22. The third-order valence-corrected chi connectivity index (χ3v) is 5.02. The summed E-state index contributed by atoms with van der Waals surface area (Å²) in [4.78, 5) is 17.6. The summed E-state index contributed by atoms with van der Waals surface area (Å²) in [7, 11) is 0. The monoisotopic (exact) mass is 339 g/mol. The Morgan fingerprint density at radius 2 is 1.96 bits per heavy atom. The maximum atomic E-state index is 13.0. The zero-order valence-corrected chi connectivity index (χ0v) is 14.0. The van der Waals surface area contributed by atoms with Gasteiger partial charge < -0.3 is 5.32 Å². The molecule has 3 aromatic rings. The lowest BCUT2D eigenvalue weighted by atomic mass is 9.91. The standard InChI is InChI=1S/C19H18ClN3O/c20-16-5-2-1-4-14(16)19(24)23-12-15(13-7-10-21-11-8-13)18-17(23)6-3-9-22-18/h1-6,9,12-13,21H,7-8,10-11H2. The first kappa shape index (κ1) is 15.4. The molecule has 3 heterocycles. The lowest BCUT2D eigenvalue weighted by Crippen LogP contribution is -2.26. The number of carbonyl (C=O) groups excluding carboxylic acids is 1. The second kappa shape index (κ2) is 6.38. The van der Waals surface area contributed by atoms with Gasteiger partial charge in [-0.25, -0.2) is 0 Å². The number of hydrogen-bond donors (Lipinski definition) is 1. The fourth-order valence-electron chi connectivity index (χ4n) is 3.45. The number of nitrogens with zero attached hydrogens (tertiary/aromatic N) is 2. The molecule has 0 aliphatic carbocycles. The van der Waals surface area contributed by atoms with Crippen LogP contribution in [0.4, 0.5) is 0 Å². The number of benzene rings is 1. The Labute approximate surface area is 145 Å². The SMILES string of the molecule is O=C(c1ccccc1Cl)n1cc(C2CCNCC2)c2ncccc21. The van der Waals surface area contributed by atoms with Crippen LogP contribution in [0.1, 0.15) is 34.7 Å². The fourth-order valence-corrected chi connectivity index (χ4v) is 3.66. The minimum absolute atomic E-state index is 0.112. The van der Waals surface area contributed by atoms with Gasteiger partial charge in [-0.15, -0.1) is 0 Å². The molecular formula is C19H18ClN3O. The van der Waals surface area contributed by atoms with E-state index in [0.29, 0.717) is 16.5 Å². The Kier molecular flexibility index (Phi) is 4.08. The Morgan fingerprint density at radius 3 is 2.75 bits per heavy atom. The van der Waals surface area contributed by atoms with Crippen LogP contribution in [0.3, 0.4) is 0 Å². The number of carbonyl (C=O) groups is 1. The molecule has 1 saturated heterocycles. The van der Waals surface area contributed by atoms with Crippen molar-refractivity contribution in [2.75, 3.05) is 13.1 Å². The molecule has 1 N–H and O–H groups in total. The normalized spacial score (nSPS) is 15.7. The first-order valence-electron chi connectivity index (χ1n) is 8.21. The van der Waals surface area contributed by atoms with E-state index in [0.717, 1.165) is 42.5 Å². The molecule has 122 valence electrons. The third kappa shape index (κ3) is 2.62. The van der Waals surface area contributed by atoms with Crippen LogP contribution in [0.25, 0.3) is 11.0 Å². The van der Waals surface area contributed by atoms with Crippen LogP contribution in [0.5, 0.6) is 0 Å². The molecule has 1 aromatic carbocycles. The zero-order chi connectivity index (χ0) is 16.5. The molecule has 24 heavy (non-hydrogen) atoms. The molecule has 0 bridgehead atoms.